The van der Waals surface area contributed by atoms with Gasteiger partial charge < -0.3 is 5.11 Å². The SMILES string of the molecule is O[C@]1(c2ccccc2)CCCN2CCCC[C@H]21. The van der Waals surface area contributed by atoms with E-state index in [4.69, 9.17) is 0 Å². The maximum Gasteiger partial charge on any atom is 0.105 e. The fraction of sp³-hybridized carbons (Fsp3) is 0.600. The molecule has 2 heterocycles. The highest BCUT2D eigenvalue weighted by Gasteiger charge is 2.44. The van der Waals surface area contributed by atoms with Crippen LogP contribution >= 0.6 is 0 Å². The van der Waals surface area contributed by atoms with Crippen LogP contribution in [0.5, 0.6) is 0 Å². The summed E-state index contributed by atoms with van der Waals surface area (Å²) >= 11 is 0. The zero-order valence-electron chi connectivity index (χ0n) is 10.3. The zero-order valence-corrected chi connectivity index (χ0v) is 10.3. The van der Waals surface area contributed by atoms with Crippen molar-refractivity contribution in [2.24, 2.45) is 0 Å². The number of aliphatic hydroxyl groups is 1. The molecule has 0 saturated carbocycles. The maximum atomic E-state index is 11.1. The van der Waals surface area contributed by atoms with E-state index in [1.807, 2.05) is 18.2 Å². The van der Waals surface area contributed by atoms with E-state index < -0.39 is 5.60 Å². The van der Waals surface area contributed by atoms with E-state index in [-0.39, 0.29) is 0 Å². The average Bonchev–Trinajstić information content (AvgIpc) is 2.40. The Hall–Kier alpha value is -0.860. The molecule has 0 bridgehead atoms. The fourth-order valence-corrected chi connectivity index (χ4v) is 3.58. The first-order chi connectivity index (χ1) is 8.31. The second kappa shape index (κ2) is 4.43. The monoisotopic (exact) mass is 231 g/mol. The number of hydrogen-bond donors (Lipinski definition) is 1. The van der Waals surface area contributed by atoms with Crippen LogP contribution in [0.2, 0.25) is 0 Å². The predicted molar refractivity (Wildman–Crippen MR) is 68.8 cm³/mol. The molecule has 3 rings (SSSR count). The molecule has 1 aromatic carbocycles. The van der Waals surface area contributed by atoms with Crippen LogP contribution in [0, 0.1) is 0 Å². The van der Waals surface area contributed by atoms with E-state index in [0.29, 0.717) is 6.04 Å². The quantitative estimate of drug-likeness (QED) is 0.803. The van der Waals surface area contributed by atoms with Crippen LogP contribution in [-0.2, 0) is 5.60 Å². The Bertz CT molecular complexity index is 376. The number of piperidine rings is 2. The first-order valence-electron chi connectivity index (χ1n) is 6.83. The van der Waals surface area contributed by atoms with E-state index in [9.17, 15) is 5.11 Å². The Kier molecular flexibility index (Phi) is 2.93. The molecule has 2 nitrogen and oxygen atoms in total. The largest absolute Gasteiger partial charge is 0.384 e. The molecule has 0 unspecified atom stereocenters. The van der Waals surface area contributed by atoms with E-state index in [1.165, 1.54) is 25.9 Å². The van der Waals surface area contributed by atoms with Crippen molar-refractivity contribution in [2.45, 2.75) is 43.7 Å². The molecule has 2 fully saturated rings. The van der Waals surface area contributed by atoms with Crippen molar-refractivity contribution in [3.8, 4) is 0 Å². The second-order valence-corrected chi connectivity index (χ2v) is 5.44. The van der Waals surface area contributed by atoms with Gasteiger partial charge in [0.1, 0.15) is 5.60 Å². The van der Waals surface area contributed by atoms with Crippen molar-refractivity contribution in [2.75, 3.05) is 13.1 Å². The number of rotatable bonds is 1. The summed E-state index contributed by atoms with van der Waals surface area (Å²) in [5.41, 5.74) is 0.497. The van der Waals surface area contributed by atoms with Gasteiger partial charge in [0.15, 0.2) is 0 Å². The van der Waals surface area contributed by atoms with Gasteiger partial charge in [-0.1, -0.05) is 36.8 Å². The molecule has 0 amide bonds. The van der Waals surface area contributed by atoms with Crippen LogP contribution in [0.3, 0.4) is 0 Å². The highest BCUT2D eigenvalue weighted by atomic mass is 16.3. The van der Waals surface area contributed by atoms with Gasteiger partial charge in [-0.25, -0.2) is 0 Å². The minimum atomic E-state index is -0.611. The van der Waals surface area contributed by atoms with Gasteiger partial charge in [-0.15, -0.1) is 0 Å². The van der Waals surface area contributed by atoms with Crippen LogP contribution in [0.25, 0.3) is 0 Å². The molecule has 0 radical (unpaired) electrons. The Labute approximate surface area is 103 Å². The van der Waals surface area contributed by atoms with Crippen molar-refractivity contribution in [3.63, 3.8) is 0 Å². The standard InChI is InChI=1S/C15H21NO/c17-15(13-7-2-1-3-8-13)10-6-12-16-11-5-4-9-14(15)16/h1-3,7-8,14,17H,4-6,9-12H2/t14-,15-/m0/s1. The first-order valence-corrected chi connectivity index (χ1v) is 6.83. The van der Waals surface area contributed by atoms with Gasteiger partial charge in [-0.2, -0.15) is 0 Å². The van der Waals surface area contributed by atoms with Crippen molar-refractivity contribution < 1.29 is 5.11 Å². The lowest BCUT2D eigenvalue weighted by Crippen LogP contribution is -2.56. The lowest BCUT2D eigenvalue weighted by molar-refractivity contribution is -0.0995. The van der Waals surface area contributed by atoms with E-state index in [0.717, 1.165) is 24.8 Å². The van der Waals surface area contributed by atoms with Crippen molar-refractivity contribution >= 4 is 0 Å². The van der Waals surface area contributed by atoms with Crippen LogP contribution < -0.4 is 0 Å². The summed E-state index contributed by atoms with van der Waals surface area (Å²) in [6.07, 6.45) is 5.73. The summed E-state index contributed by atoms with van der Waals surface area (Å²) < 4.78 is 0. The van der Waals surface area contributed by atoms with E-state index in [1.54, 1.807) is 0 Å². The van der Waals surface area contributed by atoms with Gasteiger partial charge in [-0.05, 0) is 44.3 Å². The van der Waals surface area contributed by atoms with Gasteiger partial charge in [0, 0.05) is 6.04 Å². The minimum absolute atomic E-state index is 0.340. The molecular formula is C15H21NO. The summed E-state index contributed by atoms with van der Waals surface area (Å²) in [7, 11) is 0. The van der Waals surface area contributed by atoms with E-state index in [2.05, 4.69) is 17.0 Å². The van der Waals surface area contributed by atoms with Crippen molar-refractivity contribution in [3.05, 3.63) is 35.9 Å². The fourth-order valence-electron chi connectivity index (χ4n) is 3.58. The topological polar surface area (TPSA) is 23.5 Å². The summed E-state index contributed by atoms with van der Waals surface area (Å²) in [4.78, 5) is 2.50. The maximum absolute atomic E-state index is 11.1. The lowest BCUT2D eigenvalue weighted by Gasteiger charge is -2.49. The second-order valence-electron chi connectivity index (χ2n) is 5.44. The summed E-state index contributed by atoms with van der Waals surface area (Å²) in [5, 5.41) is 11.1. The molecule has 2 aliphatic rings. The van der Waals surface area contributed by atoms with Crippen LogP contribution in [0.1, 0.15) is 37.7 Å². The Balaban J connectivity index is 1.94. The molecule has 0 aliphatic carbocycles. The third-order valence-electron chi connectivity index (χ3n) is 4.44. The van der Waals surface area contributed by atoms with Crippen LogP contribution in [-0.4, -0.2) is 29.1 Å². The Morgan fingerprint density at radius 2 is 1.82 bits per heavy atom. The van der Waals surface area contributed by atoms with Gasteiger partial charge in [0.25, 0.3) is 0 Å². The smallest absolute Gasteiger partial charge is 0.105 e. The summed E-state index contributed by atoms with van der Waals surface area (Å²) in [6.45, 7) is 2.33. The van der Waals surface area contributed by atoms with Gasteiger partial charge >= 0.3 is 0 Å². The Morgan fingerprint density at radius 1 is 1.06 bits per heavy atom. The minimum Gasteiger partial charge on any atom is -0.384 e. The zero-order chi connectivity index (χ0) is 11.7. The van der Waals surface area contributed by atoms with Gasteiger partial charge in [0.2, 0.25) is 0 Å². The number of hydrogen-bond acceptors (Lipinski definition) is 2. The molecule has 17 heavy (non-hydrogen) atoms. The first kappa shape index (κ1) is 11.2. The molecule has 92 valence electrons. The molecule has 1 aromatic rings. The molecule has 1 N–H and O–H groups in total. The highest BCUT2D eigenvalue weighted by Crippen LogP contribution is 2.40. The van der Waals surface area contributed by atoms with Crippen LogP contribution in [0.15, 0.2) is 30.3 Å². The third kappa shape index (κ3) is 1.90. The van der Waals surface area contributed by atoms with E-state index >= 15 is 0 Å². The molecule has 2 saturated heterocycles. The average molecular weight is 231 g/mol. The normalized spacial score (nSPS) is 34.3. The van der Waals surface area contributed by atoms with Crippen molar-refractivity contribution in [1.29, 1.82) is 0 Å². The third-order valence-corrected chi connectivity index (χ3v) is 4.44. The molecule has 2 atom stereocenters. The molecule has 2 heteroatoms. The number of benzene rings is 1. The van der Waals surface area contributed by atoms with Gasteiger partial charge in [0.05, 0.1) is 0 Å². The number of nitrogens with zero attached hydrogens (tertiary/aromatic N) is 1. The van der Waals surface area contributed by atoms with Crippen LogP contribution in [0.4, 0.5) is 0 Å². The molecular weight excluding hydrogens is 210 g/mol. The molecule has 2 aliphatic heterocycles. The lowest BCUT2D eigenvalue weighted by atomic mass is 9.75. The molecule has 0 spiro atoms. The van der Waals surface area contributed by atoms with Gasteiger partial charge in [-0.3, -0.25) is 4.90 Å². The van der Waals surface area contributed by atoms with Crippen molar-refractivity contribution in [1.82, 2.24) is 4.90 Å². The number of fused-ring (bicyclic) bond motifs is 1. The summed E-state index contributed by atoms with van der Waals surface area (Å²) in [5.74, 6) is 0. The molecule has 0 aromatic heterocycles. The Morgan fingerprint density at radius 3 is 2.65 bits per heavy atom. The highest BCUT2D eigenvalue weighted by molar-refractivity contribution is 5.25. The predicted octanol–water partition coefficient (Wildman–Crippen LogP) is 2.52. The summed E-state index contributed by atoms with van der Waals surface area (Å²) in [6, 6.07) is 10.6.